The first-order chi connectivity index (χ1) is 14.1. The summed E-state index contributed by atoms with van der Waals surface area (Å²) in [6.45, 7) is 6.53. The number of amides is 1. The van der Waals surface area contributed by atoms with Crippen LogP contribution in [0.25, 0.3) is 0 Å². The fraction of sp³-hybridized carbons (Fsp3) is 0.409. The lowest BCUT2D eigenvalue weighted by Crippen LogP contribution is -2.54. The van der Waals surface area contributed by atoms with Crippen LogP contribution in [-0.2, 0) is 4.79 Å². The van der Waals surface area contributed by atoms with Gasteiger partial charge in [-0.2, -0.15) is 0 Å². The molecule has 6 nitrogen and oxygen atoms in total. The molecule has 29 heavy (non-hydrogen) atoms. The molecule has 0 aliphatic carbocycles. The summed E-state index contributed by atoms with van der Waals surface area (Å²) in [4.78, 5) is 21.2. The minimum Gasteiger partial charge on any atom is -0.506 e. The van der Waals surface area contributed by atoms with Gasteiger partial charge in [-0.15, -0.1) is 0 Å². The molecule has 7 heteroatoms. The van der Waals surface area contributed by atoms with Crippen LogP contribution >= 0.6 is 0 Å². The Morgan fingerprint density at radius 3 is 2.10 bits per heavy atom. The molecule has 2 aliphatic heterocycles. The van der Waals surface area contributed by atoms with Crippen LogP contribution in [-0.4, -0.2) is 79.7 Å². The zero-order valence-corrected chi connectivity index (χ0v) is 16.5. The maximum atomic E-state index is 13.1. The zero-order chi connectivity index (χ0) is 20.2. The Hall–Kier alpha value is -2.80. The highest BCUT2D eigenvalue weighted by Gasteiger charge is 2.25. The number of benzene rings is 2. The van der Waals surface area contributed by atoms with Crippen LogP contribution < -0.4 is 9.80 Å². The third-order valence-corrected chi connectivity index (χ3v) is 5.78. The summed E-state index contributed by atoms with van der Waals surface area (Å²) in [5, 5.41) is 10.0. The maximum absolute atomic E-state index is 13.1. The van der Waals surface area contributed by atoms with Crippen molar-refractivity contribution in [3.05, 3.63) is 54.3 Å². The van der Waals surface area contributed by atoms with E-state index in [1.54, 1.807) is 18.2 Å². The second-order valence-electron chi connectivity index (χ2n) is 7.60. The number of carbonyl (C=O) groups excluding carboxylic acids is 1. The Bertz CT molecular complexity index is 829. The molecule has 1 N–H and O–H groups in total. The first kappa shape index (κ1) is 19.5. The summed E-state index contributed by atoms with van der Waals surface area (Å²) in [5.41, 5.74) is 1.86. The number of para-hydroxylation sites is 2. The predicted octanol–water partition coefficient (Wildman–Crippen LogP) is 2.00. The van der Waals surface area contributed by atoms with Gasteiger partial charge in [-0.1, -0.05) is 12.1 Å². The van der Waals surface area contributed by atoms with E-state index < -0.39 is 0 Å². The van der Waals surface area contributed by atoms with Gasteiger partial charge in [0.1, 0.15) is 11.6 Å². The number of anilines is 2. The van der Waals surface area contributed by atoms with Gasteiger partial charge in [0.25, 0.3) is 0 Å². The lowest BCUT2D eigenvalue weighted by Gasteiger charge is -2.39. The van der Waals surface area contributed by atoms with E-state index >= 15 is 0 Å². The Morgan fingerprint density at radius 1 is 0.828 bits per heavy atom. The van der Waals surface area contributed by atoms with E-state index in [0.29, 0.717) is 25.4 Å². The molecule has 0 spiro atoms. The molecule has 0 aromatic heterocycles. The largest absolute Gasteiger partial charge is 0.506 e. The fourth-order valence-corrected chi connectivity index (χ4v) is 4.04. The number of hydrogen-bond acceptors (Lipinski definition) is 5. The van der Waals surface area contributed by atoms with Crippen LogP contribution in [0, 0.1) is 5.82 Å². The van der Waals surface area contributed by atoms with Gasteiger partial charge in [0.15, 0.2) is 0 Å². The highest BCUT2D eigenvalue weighted by atomic mass is 19.1. The molecule has 2 aromatic carbocycles. The first-order valence-electron chi connectivity index (χ1n) is 10.1. The van der Waals surface area contributed by atoms with Crippen molar-refractivity contribution in [1.82, 2.24) is 9.80 Å². The molecule has 2 aromatic rings. The van der Waals surface area contributed by atoms with Crippen molar-refractivity contribution in [2.24, 2.45) is 0 Å². The zero-order valence-electron chi connectivity index (χ0n) is 16.5. The molecule has 1 amide bonds. The minimum atomic E-state index is -0.231. The van der Waals surface area contributed by atoms with E-state index in [2.05, 4.69) is 14.7 Å². The molecule has 0 atom stereocenters. The number of phenolic OH excluding ortho intramolecular Hbond substituents is 1. The molecule has 0 radical (unpaired) electrons. The number of halogens is 1. The molecule has 0 unspecified atom stereocenters. The van der Waals surface area contributed by atoms with Gasteiger partial charge in [0.2, 0.25) is 5.91 Å². The summed E-state index contributed by atoms with van der Waals surface area (Å²) in [7, 11) is 0. The standard InChI is InChI=1S/C22H27FN4O2/c23-18-5-7-19(8-6-18)25-13-15-27(16-14-25)22(29)17-24-9-11-26(12-10-24)20-3-1-2-4-21(20)28/h1-8,28H,9-17H2. The van der Waals surface area contributed by atoms with E-state index in [1.807, 2.05) is 23.1 Å². The van der Waals surface area contributed by atoms with Crippen LogP contribution in [0.3, 0.4) is 0 Å². The molecule has 2 aliphatic rings. The Morgan fingerprint density at radius 2 is 1.45 bits per heavy atom. The number of hydrogen-bond donors (Lipinski definition) is 1. The van der Waals surface area contributed by atoms with Crippen molar-refractivity contribution in [2.75, 3.05) is 68.7 Å². The smallest absolute Gasteiger partial charge is 0.236 e. The quantitative estimate of drug-likeness (QED) is 0.854. The van der Waals surface area contributed by atoms with E-state index in [9.17, 15) is 14.3 Å². The Kier molecular flexibility index (Phi) is 5.85. The molecular formula is C22H27FN4O2. The molecule has 2 fully saturated rings. The van der Waals surface area contributed by atoms with E-state index in [0.717, 1.165) is 50.6 Å². The van der Waals surface area contributed by atoms with Crippen LogP contribution in [0.15, 0.2) is 48.5 Å². The summed E-state index contributed by atoms with van der Waals surface area (Å²) in [5.74, 6) is 0.237. The fourth-order valence-electron chi connectivity index (χ4n) is 4.04. The summed E-state index contributed by atoms with van der Waals surface area (Å²) in [6.07, 6.45) is 0. The predicted molar refractivity (Wildman–Crippen MR) is 112 cm³/mol. The number of aromatic hydroxyl groups is 1. The van der Waals surface area contributed by atoms with Crippen LogP contribution in [0.1, 0.15) is 0 Å². The Labute approximate surface area is 170 Å². The third kappa shape index (κ3) is 4.62. The maximum Gasteiger partial charge on any atom is 0.236 e. The van der Waals surface area contributed by atoms with Crippen molar-refractivity contribution >= 4 is 17.3 Å². The first-order valence-corrected chi connectivity index (χ1v) is 10.1. The SMILES string of the molecule is O=C(CN1CCN(c2ccccc2O)CC1)N1CCN(c2ccc(F)cc2)CC1. The number of carbonyl (C=O) groups is 1. The normalized spacial score (nSPS) is 18.2. The highest BCUT2D eigenvalue weighted by Crippen LogP contribution is 2.27. The lowest BCUT2D eigenvalue weighted by atomic mass is 10.2. The van der Waals surface area contributed by atoms with Crippen molar-refractivity contribution in [3.8, 4) is 5.75 Å². The van der Waals surface area contributed by atoms with Crippen LogP contribution in [0.4, 0.5) is 15.8 Å². The van der Waals surface area contributed by atoms with Crippen molar-refractivity contribution in [2.45, 2.75) is 0 Å². The average molecular weight is 398 g/mol. The summed E-state index contributed by atoms with van der Waals surface area (Å²) >= 11 is 0. The van der Waals surface area contributed by atoms with Gasteiger partial charge in [-0.25, -0.2) is 4.39 Å². The average Bonchev–Trinajstić information content (AvgIpc) is 2.75. The van der Waals surface area contributed by atoms with Gasteiger partial charge in [-0.05, 0) is 36.4 Å². The third-order valence-electron chi connectivity index (χ3n) is 5.78. The topological polar surface area (TPSA) is 50.3 Å². The van der Waals surface area contributed by atoms with E-state index in [4.69, 9.17) is 0 Å². The van der Waals surface area contributed by atoms with E-state index in [-0.39, 0.29) is 11.7 Å². The van der Waals surface area contributed by atoms with Crippen molar-refractivity contribution in [3.63, 3.8) is 0 Å². The molecule has 2 saturated heterocycles. The van der Waals surface area contributed by atoms with Gasteiger partial charge in [0.05, 0.1) is 12.2 Å². The van der Waals surface area contributed by atoms with Crippen LogP contribution in [0.2, 0.25) is 0 Å². The summed E-state index contributed by atoms with van der Waals surface area (Å²) in [6, 6.07) is 13.9. The molecule has 154 valence electrons. The van der Waals surface area contributed by atoms with Gasteiger partial charge in [0, 0.05) is 58.0 Å². The number of rotatable bonds is 4. The minimum absolute atomic E-state index is 0.166. The second kappa shape index (κ2) is 8.69. The molecule has 0 saturated carbocycles. The van der Waals surface area contributed by atoms with Gasteiger partial charge >= 0.3 is 0 Å². The number of phenols is 1. The lowest BCUT2D eigenvalue weighted by molar-refractivity contribution is -0.132. The van der Waals surface area contributed by atoms with Gasteiger partial charge < -0.3 is 19.8 Å². The Balaban J connectivity index is 1.23. The molecular weight excluding hydrogens is 371 g/mol. The molecule has 0 bridgehead atoms. The summed E-state index contributed by atoms with van der Waals surface area (Å²) < 4.78 is 13.1. The van der Waals surface area contributed by atoms with Crippen molar-refractivity contribution in [1.29, 1.82) is 0 Å². The monoisotopic (exact) mass is 398 g/mol. The number of nitrogens with zero attached hydrogens (tertiary/aromatic N) is 4. The van der Waals surface area contributed by atoms with E-state index in [1.165, 1.54) is 12.1 Å². The molecule has 4 rings (SSSR count). The second-order valence-corrected chi connectivity index (χ2v) is 7.60. The molecule has 2 heterocycles. The van der Waals surface area contributed by atoms with Crippen molar-refractivity contribution < 1.29 is 14.3 Å². The number of piperazine rings is 2. The van der Waals surface area contributed by atoms with Gasteiger partial charge in [-0.3, -0.25) is 9.69 Å². The van der Waals surface area contributed by atoms with Crippen LogP contribution in [0.5, 0.6) is 5.75 Å². The highest BCUT2D eigenvalue weighted by molar-refractivity contribution is 5.78.